The average molecular weight is 397 g/mol. The molecule has 136 valence electrons. The minimum atomic E-state index is -0.121. The predicted molar refractivity (Wildman–Crippen MR) is 110 cm³/mol. The number of carbonyl (C=O) groups is 1. The first-order chi connectivity index (χ1) is 13.0. The Morgan fingerprint density at radius 2 is 2.00 bits per heavy atom. The second-order valence-corrected chi connectivity index (χ2v) is 7.77. The van der Waals surface area contributed by atoms with E-state index in [-0.39, 0.29) is 5.91 Å². The number of anilines is 1. The Hall–Kier alpha value is -2.63. The molecular formula is C21H17ClN2O2S. The van der Waals surface area contributed by atoms with Crippen LogP contribution in [0.4, 0.5) is 5.13 Å². The molecule has 4 nitrogen and oxygen atoms in total. The van der Waals surface area contributed by atoms with Crippen LogP contribution in [0.5, 0.6) is 0 Å². The first kappa shape index (κ1) is 17.8. The van der Waals surface area contributed by atoms with Crippen molar-refractivity contribution in [2.45, 2.75) is 20.4 Å². The molecule has 0 aliphatic carbocycles. The number of rotatable bonds is 4. The quantitative estimate of drug-likeness (QED) is 0.424. The molecule has 0 spiro atoms. The van der Waals surface area contributed by atoms with Crippen LogP contribution in [0, 0.1) is 13.8 Å². The van der Waals surface area contributed by atoms with E-state index in [9.17, 15) is 4.79 Å². The molecule has 2 aromatic carbocycles. The van der Waals surface area contributed by atoms with Gasteiger partial charge in [0.25, 0.3) is 5.91 Å². The van der Waals surface area contributed by atoms with Gasteiger partial charge in [0.15, 0.2) is 5.13 Å². The van der Waals surface area contributed by atoms with Crippen molar-refractivity contribution >= 4 is 44.2 Å². The molecule has 0 N–H and O–H groups in total. The second-order valence-electron chi connectivity index (χ2n) is 6.35. The Bertz CT molecular complexity index is 1120. The number of aromatic nitrogens is 1. The molecule has 0 aliphatic heterocycles. The van der Waals surface area contributed by atoms with Crippen LogP contribution in [0.2, 0.25) is 5.02 Å². The predicted octanol–water partition coefficient (Wildman–Crippen LogP) is 6.01. The summed E-state index contributed by atoms with van der Waals surface area (Å²) in [5, 5.41) is 1.17. The van der Waals surface area contributed by atoms with Gasteiger partial charge < -0.3 is 4.42 Å². The molecule has 0 saturated carbocycles. The van der Waals surface area contributed by atoms with Gasteiger partial charge in [-0.3, -0.25) is 9.69 Å². The Morgan fingerprint density at radius 1 is 1.15 bits per heavy atom. The molecule has 2 heterocycles. The normalized spacial score (nSPS) is 11.1. The van der Waals surface area contributed by atoms with Crippen molar-refractivity contribution in [3.05, 3.63) is 82.3 Å². The van der Waals surface area contributed by atoms with Gasteiger partial charge in [0, 0.05) is 5.56 Å². The lowest BCUT2D eigenvalue weighted by Crippen LogP contribution is -2.30. The van der Waals surface area contributed by atoms with E-state index in [0.717, 1.165) is 15.8 Å². The summed E-state index contributed by atoms with van der Waals surface area (Å²) in [5.41, 5.74) is 3.55. The van der Waals surface area contributed by atoms with E-state index in [4.69, 9.17) is 16.0 Å². The fourth-order valence-electron chi connectivity index (χ4n) is 2.83. The zero-order chi connectivity index (χ0) is 19.0. The van der Waals surface area contributed by atoms with Gasteiger partial charge in [0.2, 0.25) is 0 Å². The van der Waals surface area contributed by atoms with Gasteiger partial charge in [-0.1, -0.05) is 35.1 Å². The standard InChI is InChI=1S/C21H17ClN2O2S/c1-13-8-9-15(11-14(13)2)20(25)24(12-16-5-4-10-26-16)21-23-19-17(22)6-3-7-18(19)27-21/h3-11H,12H2,1-2H3. The molecule has 6 heteroatoms. The van der Waals surface area contributed by atoms with Gasteiger partial charge in [-0.2, -0.15) is 0 Å². The number of amides is 1. The van der Waals surface area contributed by atoms with Crippen LogP contribution in [-0.2, 0) is 6.54 Å². The molecule has 0 atom stereocenters. The van der Waals surface area contributed by atoms with Gasteiger partial charge in [0.1, 0.15) is 11.3 Å². The molecule has 4 aromatic rings. The molecule has 0 fully saturated rings. The lowest BCUT2D eigenvalue weighted by atomic mass is 10.1. The Labute approximate surface area is 166 Å². The van der Waals surface area contributed by atoms with E-state index in [1.165, 1.54) is 11.3 Å². The van der Waals surface area contributed by atoms with Crippen LogP contribution in [0.15, 0.2) is 59.2 Å². The molecule has 0 unspecified atom stereocenters. The van der Waals surface area contributed by atoms with E-state index in [2.05, 4.69) is 4.98 Å². The van der Waals surface area contributed by atoms with Gasteiger partial charge in [-0.15, -0.1) is 0 Å². The minimum Gasteiger partial charge on any atom is -0.467 e. The lowest BCUT2D eigenvalue weighted by Gasteiger charge is -2.19. The van der Waals surface area contributed by atoms with Crippen molar-refractivity contribution in [2.24, 2.45) is 0 Å². The van der Waals surface area contributed by atoms with Gasteiger partial charge in [-0.25, -0.2) is 4.98 Å². The summed E-state index contributed by atoms with van der Waals surface area (Å²) in [4.78, 5) is 19.6. The number of halogens is 1. The number of carbonyl (C=O) groups excluding carboxylic acids is 1. The summed E-state index contributed by atoms with van der Waals surface area (Å²) < 4.78 is 6.41. The van der Waals surface area contributed by atoms with Crippen LogP contribution < -0.4 is 4.90 Å². The van der Waals surface area contributed by atoms with Gasteiger partial charge in [-0.05, 0) is 61.4 Å². The van der Waals surface area contributed by atoms with Crippen molar-refractivity contribution < 1.29 is 9.21 Å². The second kappa shape index (κ2) is 7.18. The summed E-state index contributed by atoms with van der Waals surface area (Å²) in [6.07, 6.45) is 1.60. The third kappa shape index (κ3) is 3.48. The van der Waals surface area contributed by atoms with Crippen molar-refractivity contribution in [3.63, 3.8) is 0 Å². The van der Waals surface area contributed by atoms with E-state index < -0.39 is 0 Å². The number of fused-ring (bicyclic) bond motifs is 1. The van der Waals surface area contributed by atoms with Crippen LogP contribution in [0.1, 0.15) is 27.2 Å². The van der Waals surface area contributed by atoms with Crippen molar-refractivity contribution in [1.82, 2.24) is 4.98 Å². The first-order valence-corrected chi connectivity index (χ1v) is 9.69. The number of aryl methyl sites for hydroxylation is 2. The summed E-state index contributed by atoms with van der Waals surface area (Å²) in [6.45, 7) is 4.33. The fourth-order valence-corrected chi connectivity index (χ4v) is 4.10. The minimum absolute atomic E-state index is 0.121. The van der Waals surface area contributed by atoms with Crippen molar-refractivity contribution in [2.75, 3.05) is 4.90 Å². The van der Waals surface area contributed by atoms with E-state index in [1.807, 2.05) is 56.3 Å². The monoisotopic (exact) mass is 396 g/mol. The number of furan rings is 1. The maximum Gasteiger partial charge on any atom is 0.260 e. The molecule has 0 aliphatic rings. The number of hydrogen-bond acceptors (Lipinski definition) is 4. The topological polar surface area (TPSA) is 46.3 Å². The summed E-state index contributed by atoms with van der Waals surface area (Å²) >= 11 is 7.71. The molecule has 4 rings (SSSR count). The molecule has 0 bridgehead atoms. The summed E-state index contributed by atoms with van der Waals surface area (Å²) in [5.74, 6) is 0.571. The molecule has 1 amide bonds. The number of hydrogen-bond donors (Lipinski definition) is 0. The average Bonchev–Trinajstić information content (AvgIpc) is 3.31. The first-order valence-electron chi connectivity index (χ1n) is 8.49. The van der Waals surface area contributed by atoms with Crippen LogP contribution >= 0.6 is 22.9 Å². The Balaban J connectivity index is 1.79. The molecule has 0 saturated heterocycles. The van der Waals surface area contributed by atoms with Crippen LogP contribution in [0.25, 0.3) is 10.2 Å². The van der Waals surface area contributed by atoms with Crippen molar-refractivity contribution in [1.29, 1.82) is 0 Å². The largest absolute Gasteiger partial charge is 0.467 e. The number of benzene rings is 2. The molecule has 27 heavy (non-hydrogen) atoms. The van der Waals surface area contributed by atoms with Gasteiger partial charge >= 0.3 is 0 Å². The Morgan fingerprint density at radius 3 is 2.70 bits per heavy atom. The number of thiazole rings is 1. The summed E-state index contributed by atoms with van der Waals surface area (Å²) in [6, 6.07) is 15.0. The fraction of sp³-hybridized carbons (Fsp3) is 0.143. The van der Waals surface area contributed by atoms with Crippen LogP contribution in [0.3, 0.4) is 0 Å². The highest BCUT2D eigenvalue weighted by Crippen LogP contribution is 2.34. The van der Waals surface area contributed by atoms with Crippen molar-refractivity contribution in [3.8, 4) is 0 Å². The third-order valence-electron chi connectivity index (χ3n) is 4.48. The highest BCUT2D eigenvalue weighted by atomic mass is 35.5. The molecule has 0 radical (unpaired) electrons. The van der Waals surface area contributed by atoms with E-state index in [1.54, 1.807) is 17.2 Å². The maximum atomic E-state index is 13.3. The lowest BCUT2D eigenvalue weighted by molar-refractivity contribution is 0.0983. The maximum absolute atomic E-state index is 13.3. The molecule has 2 aromatic heterocycles. The number of para-hydroxylation sites is 1. The zero-order valence-corrected chi connectivity index (χ0v) is 16.5. The molecular weight excluding hydrogens is 380 g/mol. The van der Waals surface area contributed by atoms with Crippen LogP contribution in [-0.4, -0.2) is 10.9 Å². The highest BCUT2D eigenvalue weighted by Gasteiger charge is 2.23. The SMILES string of the molecule is Cc1ccc(C(=O)N(Cc2ccco2)c2nc3c(Cl)cccc3s2)cc1C. The highest BCUT2D eigenvalue weighted by molar-refractivity contribution is 7.22. The third-order valence-corrected chi connectivity index (χ3v) is 5.83. The zero-order valence-electron chi connectivity index (χ0n) is 14.9. The van der Waals surface area contributed by atoms with E-state index >= 15 is 0 Å². The van der Waals surface area contributed by atoms with Gasteiger partial charge in [0.05, 0.1) is 22.5 Å². The number of nitrogens with zero attached hydrogens (tertiary/aromatic N) is 2. The smallest absolute Gasteiger partial charge is 0.260 e. The summed E-state index contributed by atoms with van der Waals surface area (Å²) in [7, 11) is 0. The Kier molecular flexibility index (Phi) is 4.72. The van der Waals surface area contributed by atoms with E-state index in [0.29, 0.717) is 33.5 Å².